The van der Waals surface area contributed by atoms with E-state index in [1.807, 2.05) is 6.92 Å². The van der Waals surface area contributed by atoms with Gasteiger partial charge in [-0.3, -0.25) is 4.79 Å². The summed E-state index contributed by atoms with van der Waals surface area (Å²) in [7, 11) is 1.80. The Kier molecular flexibility index (Phi) is 3.28. The van der Waals surface area contributed by atoms with Gasteiger partial charge in [0.2, 0.25) is 0 Å². The van der Waals surface area contributed by atoms with Crippen LogP contribution in [0.3, 0.4) is 0 Å². The van der Waals surface area contributed by atoms with Crippen LogP contribution in [-0.4, -0.2) is 42.1 Å². The minimum absolute atomic E-state index is 0.0299. The first kappa shape index (κ1) is 11.9. The average Bonchev–Trinajstić information content (AvgIpc) is 2.79. The molecule has 0 aliphatic carbocycles. The van der Waals surface area contributed by atoms with E-state index in [-0.39, 0.29) is 11.9 Å². The Balaban J connectivity index is 2.17. The van der Waals surface area contributed by atoms with Crippen LogP contribution in [-0.2, 0) is 4.74 Å². The molecule has 1 aliphatic rings. The van der Waals surface area contributed by atoms with Gasteiger partial charge < -0.3 is 15.4 Å². The number of carbonyl (C=O) groups excluding carboxylic acids is 1. The molecule has 1 aromatic heterocycles. The lowest BCUT2D eigenvalue weighted by molar-refractivity contribution is 0.0711. The SMILES string of the molecule is Cc1cc(C(=O)N(C)C2CCOC2)cc(N)n1. The van der Waals surface area contributed by atoms with E-state index in [1.54, 1.807) is 24.1 Å². The second-order valence-corrected chi connectivity index (χ2v) is 4.36. The summed E-state index contributed by atoms with van der Waals surface area (Å²) in [5.74, 6) is 0.349. The second-order valence-electron chi connectivity index (χ2n) is 4.36. The maximum atomic E-state index is 12.2. The maximum absolute atomic E-state index is 12.2. The standard InChI is InChI=1S/C12H17N3O2/c1-8-5-9(6-11(13)14-8)12(16)15(2)10-3-4-17-7-10/h5-6,10H,3-4,7H2,1-2H3,(H2,13,14). The zero-order valence-electron chi connectivity index (χ0n) is 10.1. The fraction of sp³-hybridized carbons (Fsp3) is 0.500. The summed E-state index contributed by atoms with van der Waals surface area (Å²) in [6.07, 6.45) is 0.891. The van der Waals surface area contributed by atoms with Crippen LogP contribution < -0.4 is 5.73 Å². The van der Waals surface area contributed by atoms with Gasteiger partial charge in [-0.05, 0) is 25.5 Å². The fourth-order valence-corrected chi connectivity index (χ4v) is 2.01. The molecule has 1 atom stereocenters. The lowest BCUT2D eigenvalue weighted by Crippen LogP contribution is -2.37. The van der Waals surface area contributed by atoms with E-state index in [1.165, 1.54) is 0 Å². The largest absolute Gasteiger partial charge is 0.384 e. The summed E-state index contributed by atoms with van der Waals surface area (Å²) in [4.78, 5) is 18.0. The molecule has 5 nitrogen and oxygen atoms in total. The summed E-state index contributed by atoms with van der Waals surface area (Å²) in [6, 6.07) is 3.53. The monoisotopic (exact) mass is 235 g/mol. The van der Waals surface area contributed by atoms with Crippen molar-refractivity contribution in [1.82, 2.24) is 9.88 Å². The predicted molar refractivity (Wildman–Crippen MR) is 64.7 cm³/mol. The number of carbonyl (C=O) groups is 1. The van der Waals surface area contributed by atoms with Crippen molar-refractivity contribution in [3.05, 3.63) is 23.4 Å². The molecule has 1 aromatic rings. The first-order valence-electron chi connectivity index (χ1n) is 5.67. The molecule has 0 radical (unpaired) electrons. The minimum atomic E-state index is -0.0299. The molecular weight excluding hydrogens is 218 g/mol. The smallest absolute Gasteiger partial charge is 0.254 e. The van der Waals surface area contributed by atoms with Gasteiger partial charge in [0.1, 0.15) is 5.82 Å². The molecule has 2 heterocycles. The van der Waals surface area contributed by atoms with E-state index < -0.39 is 0 Å². The lowest BCUT2D eigenvalue weighted by atomic mass is 10.1. The molecule has 1 unspecified atom stereocenters. The quantitative estimate of drug-likeness (QED) is 0.824. The maximum Gasteiger partial charge on any atom is 0.254 e. The number of aromatic nitrogens is 1. The third-order valence-electron chi connectivity index (χ3n) is 2.99. The Morgan fingerprint density at radius 3 is 2.94 bits per heavy atom. The number of rotatable bonds is 2. The van der Waals surface area contributed by atoms with Gasteiger partial charge in [-0.25, -0.2) is 4.98 Å². The molecule has 1 aliphatic heterocycles. The van der Waals surface area contributed by atoms with Gasteiger partial charge in [0, 0.05) is 24.9 Å². The Labute approximate surface area is 101 Å². The molecule has 0 aromatic carbocycles. The molecule has 2 rings (SSSR count). The summed E-state index contributed by atoms with van der Waals surface area (Å²) >= 11 is 0. The summed E-state index contributed by atoms with van der Waals surface area (Å²) in [6.45, 7) is 3.16. The van der Waals surface area contributed by atoms with Crippen LogP contribution in [0.15, 0.2) is 12.1 Å². The average molecular weight is 235 g/mol. The third-order valence-corrected chi connectivity index (χ3v) is 2.99. The number of amides is 1. The first-order valence-corrected chi connectivity index (χ1v) is 5.67. The topological polar surface area (TPSA) is 68.5 Å². The Morgan fingerprint density at radius 2 is 2.35 bits per heavy atom. The Hall–Kier alpha value is -1.62. The highest BCUT2D eigenvalue weighted by Gasteiger charge is 2.25. The fourth-order valence-electron chi connectivity index (χ4n) is 2.01. The van der Waals surface area contributed by atoms with Gasteiger partial charge in [0.15, 0.2) is 0 Å². The predicted octanol–water partition coefficient (Wildman–Crippen LogP) is 0.833. The zero-order chi connectivity index (χ0) is 12.4. The Bertz CT molecular complexity index is 408. The van der Waals surface area contributed by atoms with Gasteiger partial charge >= 0.3 is 0 Å². The van der Waals surface area contributed by atoms with Gasteiger partial charge in [-0.1, -0.05) is 0 Å². The summed E-state index contributed by atoms with van der Waals surface area (Å²) in [5, 5.41) is 0. The van der Waals surface area contributed by atoms with Crippen molar-refractivity contribution in [1.29, 1.82) is 0 Å². The van der Waals surface area contributed by atoms with Crippen molar-refractivity contribution < 1.29 is 9.53 Å². The number of hydrogen-bond donors (Lipinski definition) is 1. The number of nitrogens with two attached hydrogens (primary N) is 1. The minimum Gasteiger partial charge on any atom is -0.384 e. The zero-order valence-corrected chi connectivity index (χ0v) is 10.1. The van der Waals surface area contributed by atoms with Crippen LogP contribution in [0.5, 0.6) is 0 Å². The normalized spacial score (nSPS) is 19.3. The number of pyridine rings is 1. The van der Waals surface area contributed by atoms with E-state index in [4.69, 9.17) is 10.5 Å². The van der Waals surface area contributed by atoms with Crippen LogP contribution in [0.2, 0.25) is 0 Å². The third kappa shape index (κ3) is 2.55. The molecule has 2 N–H and O–H groups in total. The summed E-state index contributed by atoms with van der Waals surface area (Å²) < 4.78 is 5.28. The van der Waals surface area contributed by atoms with Gasteiger partial charge in [-0.2, -0.15) is 0 Å². The lowest BCUT2D eigenvalue weighted by Gasteiger charge is -2.23. The van der Waals surface area contributed by atoms with E-state index >= 15 is 0 Å². The van der Waals surface area contributed by atoms with Crippen LogP contribution >= 0.6 is 0 Å². The van der Waals surface area contributed by atoms with Gasteiger partial charge in [0.05, 0.1) is 12.6 Å². The second kappa shape index (κ2) is 4.71. The van der Waals surface area contributed by atoms with Crippen molar-refractivity contribution in [2.24, 2.45) is 0 Å². The van der Waals surface area contributed by atoms with Crippen molar-refractivity contribution in [2.75, 3.05) is 26.0 Å². The molecule has 1 amide bonds. The molecule has 5 heteroatoms. The van der Waals surface area contributed by atoms with Gasteiger partial charge in [-0.15, -0.1) is 0 Å². The van der Waals surface area contributed by atoms with Crippen LogP contribution in [0.4, 0.5) is 5.82 Å². The molecule has 1 saturated heterocycles. The van der Waals surface area contributed by atoms with Crippen molar-refractivity contribution in [3.63, 3.8) is 0 Å². The molecule has 17 heavy (non-hydrogen) atoms. The highest BCUT2D eigenvalue weighted by atomic mass is 16.5. The van der Waals surface area contributed by atoms with Crippen molar-refractivity contribution >= 4 is 11.7 Å². The first-order chi connectivity index (χ1) is 8.08. The number of likely N-dealkylation sites (N-methyl/N-ethyl adjacent to an activating group) is 1. The summed E-state index contributed by atoms with van der Waals surface area (Å²) in [5.41, 5.74) is 6.99. The highest BCUT2D eigenvalue weighted by Crippen LogP contribution is 2.15. The number of aryl methyl sites for hydroxylation is 1. The van der Waals surface area contributed by atoms with E-state index in [0.29, 0.717) is 18.0 Å². The Morgan fingerprint density at radius 1 is 1.59 bits per heavy atom. The van der Waals surface area contributed by atoms with Crippen LogP contribution in [0.25, 0.3) is 0 Å². The van der Waals surface area contributed by atoms with Crippen molar-refractivity contribution in [2.45, 2.75) is 19.4 Å². The molecule has 92 valence electrons. The number of ether oxygens (including phenoxy) is 1. The van der Waals surface area contributed by atoms with E-state index in [2.05, 4.69) is 4.98 Å². The number of hydrogen-bond acceptors (Lipinski definition) is 4. The molecule has 0 bridgehead atoms. The molecule has 1 fully saturated rings. The number of nitrogen functional groups attached to an aromatic ring is 1. The van der Waals surface area contributed by atoms with E-state index in [9.17, 15) is 4.79 Å². The van der Waals surface area contributed by atoms with Crippen LogP contribution in [0.1, 0.15) is 22.5 Å². The van der Waals surface area contributed by atoms with Crippen molar-refractivity contribution in [3.8, 4) is 0 Å². The molecule has 0 spiro atoms. The van der Waals surface area contributed by atoms with E-state index in [0.717, 1.165) is 18.7 Å². The highest BCUT2D eigenvalue weighted by molar-refractivity contribution is 5.95. The number of nitrogens with zero attached hydrogens (tertiary/aromatic N) is 2. The molecule has 0 saturated carbocycles. The number of anilines is 1. The van der Waals surface area contributed by atoms with Gasteiger partial charge in [0.25, 0.3) is 5.91 Å². The molecular formula is C12H17N3O2. The van der Waals surface area contributed by atoms with Crippen LogP contribution in [0, 0.1) is 6.92 Å².